The highest BCUT2D eigenvalue weighted by Gasteiger charge is 2.35. The van der Waals surface area contributed by atoms with Crippen molar-refractivity contribution >= 4 is 33.4 Å². The molecule has 2 amide bonds. The van der Waals surface area contributed by atoms with Crippen LogP contribution in [0.3, 0.4) is 0 Å². The molecule has 2 heterocycles. The number of nitrogens with two attached hydrogens (primary N) is 1. The van der Waals surface area contributed by atoms with E-state index in [4.69, 9.17) is 16.7 Å². The number of carbonyl (C=O) groups is 2. The van der Waals surface area contributed by atoms with Gasteiger partial charge in [-0.2, -0.15) is 0 Å². The Morgan fingerprint density at radius 2 is 1.81 bits per heavy atom. The van der Waals surface area contributed by atoms with Crippen molar-refractivity contribution in [2.24, 2.45) is 5.14 Å². The number of aromatic nitrogens is 1. The Hall–Kier alpha value is -3.74. The fourth-order valence-electron chi connectivity index (χ4n) is 4.17. The minimum Gasteiger partial charge on any atom is -0.502 e. The van der Waals surface area contributed by atoms with Crippen molar-refractivity contribution in [3.05, 3.63) is 86.0 Å². The highest BCUT2D eigenvalue weighted by atomic mass is 35.5. The number of nitrogens with zero attached hydrogens (tertiary/aromatic N) is 3. The summed E-state index contributed by atoms with van der Waals surface area (Å²) >= 11 is 5.85. The zero-order valence-electron chi connectivity index (χ0n) is 19.7. The number of benzene rings is 2. The van der Waals surface area contributed by atoms with Crippen LogP contribution >= 0.6 is 11.6 Å². The molecule has 0 radical (unpaired) electrons. The number of rotatable bonds is 5. The van der Waals surface area contributed by atoms with Gasteiger partial charge in [-0.3, -0.25) is 19.0 Å². The number of aromatic hydroxyl groups is 1. The summed E-state index contributed by atoms with van der Waals surface area (Å²) in [7, 11) is -1.07. The summed E-state index contributed by atoms with van der Waals surface area (Å²) in [6.45, 7) is 0.170. The number of sulfonamides is 1. The fraction of sp³-hybridized carbons (Fsp3) is 0.208. The molecule has 0 unspecified atom stereocenters. The van der Waals surface area contributed by atoms with Crippen molar-refractivity contribution in [3.8, 4) is 11.4 Å². The summed E-state index contributed by atoms with van der Waals surface area (Å²) in [4.78, 5) is 42.3. The number of fused-ring (bicyclic) bond motifs is 1. The van der Waals surface area contributed by atoms with Crippen molar-refractivity contribution in [3.63, 3.8) is 0 Å². The molecule has 1 aliphatic rings. The van der Waals surface area contributed by atoms with Crippen LogP contribution in [0, 0.1) is 5.82 Å². The van der Waals surface area contributed by atoms with Crippen LogP contribution in [0.4, 0.5) is 4.39 Å². The van der Waals surface area contributed by atoms with Crippen molar-refractivity contribution in [2.45, 2.75) is 17.9 Å². The van der Waals surface area contributed by atoms with Crippen LogP contribution in [0.1, 0.15) is 32.0 Å². The molecular weight excluding hydrogens is 527 g/mol. The molecule has 0 atom stereocenters. The Morgan fingerprint density at radius 1 is 1.16 bits per heavy atom. The van der Waals surface area contributed by atoms with Gasteiger partial charge in [0.05, 0.1) is 15.5 Å². The summed E-state index contributed by atoms with van der Waals surface area (Å²) in [5.41, 5.74) is -0.666. The lowest BCUT2D eigenvalue weighted by atomic mass is 9.95. The molecule has 1 aromatic heterocycles. The molecule has 3 N–H and O–H groups in total. The first kappa shape index (κ1) is 26.3. The second-order valence-electron chi connectivity index (χ2n) is 8.65. The Balaban J connectivity index is 1.87. The van der Waals surface area contributed by atoms with E-state index in [-0.39, 0.29) is 51.9 Å². The molecule has 2 aromatic carbocycles. The van der Waals surface area contributed by atoms with Crippen molar-refractivity contribution < 1.29 is 27.5 Å². The van der Waals surface area contributed by atoms with Crippen molar-refractivity contribution in [1.29, 1.82) is 0 Å². The smallest absolute Gasteiger partial charge is 0.298 e. The van der Waals surface area contributed by atoms with Gasteiger partial charge in [0.15, 0.2) is 5.75 Å². The minimum absolute atomic E-state index is 0.0345. The number of carbonyl (C=O) groups excluding carboxylic acids is 2. The third-order valence-corrected chi connectivity index (χ3v) is 7.20. The second-order valence-corrected chi connectivity index (χ2v) is 10.6. The third kappa shape index (κ3) is 4.82. The van der Waals surface area contributed by atoms with Gasteiger partial charge in [0.1, 0.15) is 11.5 Å². The van der Waals surface area contributed by atoms with E-state index in [0.717, 1.165) is 16.7 Å². The van der Waals surface area contributed by atoms with E-state index in [2.05, 4.69) is 0 Å². The molecule has 3 aromatic rings. The molecule has 37 heavy (non-hydrogen) atoms. The van der Waals surface area contributed by atoms with Crippen LogP contribution in [-0.2, 0) is 23.0 Å². The van der Waals surface area contributed by atoms with Crippen LogP contribution in [-0.4, -0.2) is 60.3 Å². The van der Waals surface area contributed by atoms with Crippen LogP contribution in [0.15, 0.2) is 52.2 Å². The summed E-state index contributed by atoms with van der Waals surface area (Å²) in [5, 5.41) is 15.9. The maximum absolute atomic E-state index is 13.5. The minimum atomic E-state index is -4.01. The van der Waals surface area contributed by atoms with Gasteiger partial charge in [0.2, 0.25) is 10.0 Å². The predicted molar refractivity (Wildman–Crippen MR) is 133 cm³/mol. The first-order valence-electron chi connectivity index (χ1n) is 10.9. The van der Waals surface area contributed by atoms with Gasteiger partial charge in [-0.25, -0.2) is 17.9 Å². The summed E-state index contributed by atoms with van der Waals surface area (Å²) < 4.78 is 37.8. The maximum atomic E-state index is 13.5. The van der Waals surface area contributed by atoms with Gasteiger partial charge >= 0.3 is 0 Å². The highest BCUT2D eigenvalue weighted by molar-refractivity contribution is 7.89. The Kier molecular flexibility index (Phi) is 6.84. The molecule has 0 aliphatic carbocycles. The number of pyridine rings is 1. The lowest BCUT2D eigenvalue weighted by Crippen LogP contribution is -2.42. The SMILES string of the molecule is CN(C)C(=O)c1c2c(c(O)c(=O)n1-c1ccc(S(N)(=O)=O)cc1)C(=O)N(Cc1ccc(F)c(Cl)c1)CC2. The normalized spacial score (nSPS) is 13.4. The number of hydrogen-bond acceptors (Lipinski definition) is 6. The number of hydrogen-bond donors (Lipinski definition) is 2. The molecule has 4 rings (SSSR count). The van der Waals surface area contributed by atoms with E-state index in [1.807, 2.05) is 0 Å². The first-order chi connectivity index (χ1) is 17.3. The van der Waals surface area contributed by atoms with Gasteiger partial charge in [0, 0.05) is 38.4 Å². The second kappa shape index (κ2) is 9.61. The summed E-state index contributed by atoms with van der Waals surface area (Å²) in [6, 6.07) is 8.89. The third-order valence-electron chi connectivity index (χ3n) is 5.98. The van der Waals surface area contributed by atoms with Gasteiger partial charge in [-0.1, -0.05) is 17.7 Å². The van der Waals surface area contributed by atoms with Crippen LogP contribution in [0.25, 0.3) is 5.69 Å². The Labute approximate surface area is 216 Å². The molecule has 0 fully saturated rings. The van der Waals surface area contributed by atoms with Crippen LogP contribution < -0.4 is 10.7 Å². The molecule has 194 valence electrons. The predicted octanol–water partition coefficient (Wildman–Crippen LogP) is 1.88. The fourth-order valence-corrected chi connectivity index (χ4v) is 4.89. The molecule has 0 spiro atoms. The standard InChI is InChI=1S/C24H22ClFN4O6S/c1-28(2)23(33)20-16-9-10-29(12-13-3-8-18(26)17(25)11-13)22(32)19(16)21(31)24(34)30(20)14-4-6-15(7-5-14)37(27,35)36/h3-8,11,31H,9-10,12H2,1-2H3,(H2,27,35,36). The molecule has 10 nitrogen and oxygen atoms in total. The average molecular weight is 549 g/mol. The monoisotopic (exact) mass is 548 g/mol. The van der Waals surface area contributed by atoms with Crippen molar-refractivity contribution in [1.82, 2.24) is 14.4 Å². The summed E-state index contributed by atoms with van der Waals surface area (Å²) in [6.07, 6.45) is 0.119. The molecule has 0 saturated heterocycles. The molecular formula is C24H22ClFN4O6S. The number of halogens is 2. The summed E-state index contributed by atoms with van der Waals surface area (Å²) in [5.74, 6) is -2.74. The Bertz CT molecular complexity index is 1600. The number of amides is 2. The van der Waals surface area contributed by atoms with Crippen LogP contribution in [0.5, 0.6) is 5.75 Å². The first-order valence-corrected chi connectivity index (χ1v) is 12.8. The lowest BCUT2D eigenvalue weighted by molar-refractivity contribution is 0.0720. The van der Waals surface area contributed by atoms with Gasteiger partial charge in [0.25, 0.3) is 17.4 Å². The number of primary sulfonamides is 1. The highest BCUT2D eigenvalue weighted by Crippen LogP contribution is 2.31. The quantitative estimate of drug-likeness (QED) is 0.498. The zero-order valence-corrected chi connectivity index (χ0v) is 21.3. The van der Waals surface area contributed by atoms with E-state index < -0.39 is 39.0 Å². The van der Waals surface area contributed by atoms with Gasteiger partial charge in [-0.15, -0.1) is 0 Å². The van der Waals surface area contributed by atoms with Crippen LogP contribution in [0.2, 0.25) is 5.02 Å². The molecule has 0 bridgehead atoms. The zero-order chi connectivity index (χ0) is 27.2. The van der Waals surface area contributed by atoms with Crippen molar-refractivity contribution in [2.75, 3.05) is 20.6 Å². The molecule has 0 saturated carbocycles. The van der Waals surface area contributed by atoms with E-state index in [9.17, 15) is 32.3 Å². The van der Waals surface area contributed by atoms with Gasteiger partial charge < -0.3 is 14.9 Å². The van der Waals surface area contributed by atoms with Gasteiger partial charge in [-0.05, 0) is 48.4 Å². The van der Waals surface area contributed by atoms with E-state index in [0.29, 0.717) is 5.56 Å². The van der Waals surface area contributed by atoms with E-state index in [1.54, 1.807) is 0 Å². The maximum Gasteiger partial charge on any atom is 0.298 e. The van der Waals surface area contributed by atoms with E-state index >= 15 is 0 Å². The molecule has 1 aliphatic heterocycles. The average Bonchev–Trinajstić information content (AvgIpc) is 2.84. The molecule has 13 heteroatoms. The lowest BCUT2D eigenvalue weighted by Gasteiger charge is -2.31. The topological polar surface area (TPSA) is 143 Å². The Morgan fingerprint density at radius 3 is 2.38 bits per heavy atom. The largest absolute Gasteiger partial charge is 0.502 e. The van der Waals surface area contributed by atoms with E-state index in [1.165, 1.54) is 54.2 Å².